The van der Waals surface area contributed by atoms with Crippen molar-refractivity contribution < 1.29 is 9.59 Å². The van der Waals surface area contributed by atoms with Gasteiger partial charge in [0.05, 0.1) is 19.2 Å². The minimum absolute atomic E-state index is 0.00918. The van der Waals surface area contributed by atoms with Gasteiger partial charge in [-0.3, -0.25) is 14.5 Å². The van der Waals surface area contributed by atoms with Crippen LogP contribution in [0.1, 0.15) is 34.6 Å². The average molecular weight is 282 g/mol. The number of rotatable bonds is 8. The monoisotopic (exact) mass is 282 g/mol. The molecule has 0 radical (unpaired) electrons. The first-order chi connectivity index (χ1) is 9.28. The lowest BCUT2D eigenvalue weighted by molar-refractivity contribution is -0.125. The van der Waals surface area contributed by atoms with Crippen molar-refractivity contribution in [2.24, 2.45) is 5.92 Å². The molecule has 0 saturated heterocycles. The molecule has 0 spiro atoms. The summed E-state index contributed by atoms with van der Waals surface area (Å²) in [6, 6.07) is 2.13. The van der Waals surface area contributed by atoms with Gasteiger partial charge in [-0.15, -0.1) is 0 Å². The molecule has 1 unspecified atom stereocenters. The van der Waals surface area contributed by atoms with Crippen molar-refractivity contribution in [3.8, 4) is 6.07 Å². The van der Waals surface area contributed by atoms with E-state index in [4.69, 9.17) is 5.26 Å². The lowest BCUT2D eigenvalue weighted by atomic mass is 9.90. The van der Waals surface area contributed by atoms with Gasteiger partial charge in [0, 0.05) is 6.54 Å². The first-order valence-corrected chi connectivity index (χ1v) is 7.00. The summed E-state index contributed by atoms with van der Waals surface area (Å²) in [7, 11) is 0. The van der Waals surface area contributed by atoms with E-state index in [1.54, 1.807) is 11.8 Å². The number of amides is 2. The second kappa shape index (κ2) is 8.54. The normalized spacial score (nSPS) is 13.7. The number of carbonyl (C=O) groups excluding carboxylic acids is 2. The molecule has 0 rings (SSSR count). The molecule has 20 heavy (non-hydrogen) atoms. The Labute approximate surface area is 121 Å². The summed E-state index contributed by atoms with van der Waals surface area (Å²) >= 11 is 0. The maximum atomic E-state index is 12.0. The van der Waals surface area contributed by atoms with Crippen molar-refractivity contribution in [3.05, 3.63) is 0 Å². The van der Waals surface area contributed by atoms with E-state index in [2.05, 4.69) is 16.7 Å². The zero-order valence-electron chi connectivity index (χ0n) is 13.1. The molecule has 2 N–H and O–H groups in total. The molecule has 0 heterocycles. The number of nitriles is 1. The zero-order valence-corrected chi connectivity index (χ0v) is 13.1. The van der Waals surface area contributed by atoms with Crippen LogP contribution in [0.5, 0.6) is 0 Å². The maximum Gasteiger partial charge on any atom is 0.235 e. The van der Waals surface area contributed by atoms with Crippen LogP contribution in [0.2, 0.25) is 0 Å². The van der Waals surface area contributed by atoms with Gasteiger partial charge in [-0.1, -0.05) is 20.8 Å². The predicted octanol–water partition coefficient (Wildman–Crippen LogP) is 0.499. The highest BCUT2D eigenvalue weighted by molar-refractivity contribution is 5.81. The van der Waals surface area contributed by atoms with E-state index in [1.165, 1.54) is 0 Å². The molecule has 0 aliphatic rings. The summed E-state index contributed by atoms with van der Waals surface area (Å²) < 4.78 is 0. The van der Waals surface area contributed by atoms with Crippen LogP contribution in [0.15, 0.2) is 0 Å². The first kappa shape index (κ1) is 18.4. The van der Waals surface area contributed by atoms with Gasteiger partial charge in [-0.05, 0) is 26.3 Å². The van der Waals surface area contributed by atoms with Crippen molar-refractivity contribution in [2.75, 3.05) is 26.2 Å². The molecule has 0 aromatic carbocycles. The van der Waals surface area contributed by atoms with E-state index in [0.717, 1.165) is 0 Å². The summed E-state index contributed by atoms with van der Waals surface area (Å²) in [6.45, 7) is 10.7. The third-order valence-electron chi connectivity index (χ3n) is 3.34. The molecular formula is C14H26N4O2. The summed E-state index contributed by atoms with van der Waals surface area (Å²) in [5.41, 5.74) is -0.887. The second-order valence-electron chi connectivity index (χ2n) is 5.27. The molecule has 6 nitrogen and oxygen atoms in total. The summed E-state index contributed by atoms with van der Waals surface area (Å²) in [5.74, 6) is -0.335. The number of likely N-dealkylation sites (N-methyl/N-ethyl adjacent to an activating group) is 2. The molecule has 0 aliphatic carbocycles. The van der Waals surface area contributed by atoms with Crippen molar-refractivity contribution in [1.29, 1.82) is 5.26 Å². The van der Waals surface area contributed by atoms with Crippen molar-refractivity contribution in [3.63, 3.8) is 0 Å². The number of hydrogen-bond acceptors (Lipinski definition) is 4. The Morgan fingerprint density at radius 2 is 1.80 bits per heavy atom. The van der Waals surface area contributed by atoms with Crippen molar-refractivity contribution in [1.82, 2.24) is 15.5 Å². The fourth-order valence-electron chi connectivity index (χ4n) is 1.57. The fourth-order valence-corrected chi connectivity index (χ4v) is 1.57. The van der Waals surface area contributed by atoms with Crippen molar-refractivity contribution in [2.45, 2.75) is 40.2 Å². The highest BCUT2D eigenvalue weighted by Crippen LogP contribution is 2.14. The zero-order chi connectivity index (χ0) is 15.8. The van der Waals surface area contributed by atoms with Crippen LogP contribution in [0, 0.1) is 17.2 Å². The maximum absolute atomic E-state index is 12.0. The molecular weight excluding hydrogens is 256 g/mol. The highest BCUT2D eigenvalue weighted by atomic mass is 16.2. The summed E-state index contributed by atoms with van der Waals surface area (Å²) in [4.78, 5) is 25.2. The van der Waals surface area contributed by atoms with Gasteiger partial charge < -0.3 is 10.6 Å². The number of nitrogens with one attached hydrogen (secondary N) is 2. The molecule has 0 aromatic heterocycles. The summed E-state index contributed by atoms with van der Waals surface area (Å²) in [6.07, 6.45) is 0. The van der Waals surface area contributed by atoms with Crippen LogP contribution in [-0.4, -0.2) is 48.4 Å². The minimum Gasteiger partial charge on any atom is -0.355 e. The van der Waals surface area contributed by atoms with Crippen LogP contribution in [0.25, 0.3) is 0 Å². The van der Waals surface area contributed by atoms with E-state index < -0.39 is 5.54 Å². The number of hydrogen-bond donors (Lipinski definition) is 2. The Hall–Kier alpha value is -1.61. The fraction of sp³-hybridized carbons (Fsp3) is 0.786. The van der Waals surface area contributed by atoms with Gasteiger partial charge >= 0.3 is 0 Å². The molecule has 0 bridgehead atoms. The third kappa shape index (κ3) is 6.02. The smallest absolute Gasteiger partial charge is 0.235 e. The standard InChI is InChI=1S/C14H26N4O2/c1-6-16-12(19)8-18(7-2)9-13(20)17-14(5,10-15)11(3)4/h11H,6-9H2,1-5H3,(H,16,19)(H,17,20). The Bertz CT molecular complexity index is 376. The lowest BCUT2D eigenvalue weighted by Crippen LogP contribution is -2.52. The molecule has 1 atom stereocenters. The Kier molecular flexibility index (Phi) is 7.85. The van der Waals surface area contributed by atoms with Crippen LogP contribution < -0.4 is 10.6 Å². The van der Waals surface area contributed by atoms with E-state index >= 15 is 0 Å². The van der Waals surface area contributed by atoms with Gasteiger partial charge in [0.1, 0.15) is 5.54 Å². The molecule has 2 amide bonds. The van der Waals surface area contributed by atoms with Gasteiger partial charge in [-0.25, -0.2) is 0 Å². The van der Waals surface area contributed by atoms with Gasteiger partial charge in [-0.2, -0.15) is 5.26 Å². The molecule has 0 aromatic rings. The van der Waals surface area contributed by atoms with Crippen LogP contribution in [0.4, 0.5) is 0 Å². The first-order valence-electron chi connectivity index (χ1n) is 7.00. The summed E-state index contributed by atoms with van der Waals surface area (Å²) in [5, 5.41) is 14.6. The van der Waals surface area contributed by atoms with Crippen LogP contribution >= 0.6 is 0 Å². The number of nitrogens with zero attached hydrogens (tertiary/aromatic N) is 2. The quantitative estimate of drug-likeness (QED) is 0.679. The van der Waals surface area contributed by atoms with Crippen LogP contribution in [0.3, 0.4) is 0 Å². The largest absolute Gasteiger partial charge is 0.355 e. The molecule has 0 aliphatic heterocycles. The lowest BCUT2D eigenvalue weighted by Gasteiger charge is -2.28. The van der Waals surface area contributed by atoms with Crippen LogP contribution in [-0.2, 0) is 9.59 Å². The second-order valence-corrected chi connectivity index (χ2v) is 5.27. The SMILES string of the molecule is CCNC(=O)CN(CC)CC(=O)NC(C)(C#N)C(C)C. The Morgan fingerprint density at radius 1 is 1.25 bits per heavy atom. The third-order valence-corrected chi connectivity index (χ3v) is 3.34. The molecule has 0 fully saturated rings. The Morgan fingerprint density at radius 3 is 2.20 bits per heavy atom. The van der Waals surface area contributed by atoms with Crippen molar-refractivity contribution >= 4 is 11.8 Å². The van der Waals surface area contributed by atoms with E-state index in [0.29, 0.717) is 13.1 Å². The molecule has 114 valence electrons. The van der Waals surface area contributed by atoms with Gasteiger partial charge in [0.15, 0.2) is 0 Å². The molecule has 6 heteroatoms. The van der Waals surface area contributed by atoms with E-state index in [9.17, 15) is 9.59 Å². The van der Waals surface area contributed by atoms with Gasteiger partial charge in [0.25, 0.3) is 0 Å². The minimum atomic E-state index is -0.887. The van der Waals surface area contributed by atoms with Gasteiger partial charge in [0.2, 0.25) is 11.8 Å². The molecule has 0 saturated carbocycles. The highest BCUT2D eigenvalue weighted by Gasteiger charge is 2.30. The topological polar surface area (TPSA) is 85.2 Å². The predicted molar refractivity (Wildman–Crippen MR) is 77.8 cm³/mol. The Balaban J connectivity index is 4.50. The van der Waals surface area contributed by atoms with E-state index in [-0.39, 0.29) is 30.8 Å². The average Bonchev–Trinajstić information content (AvgIpc) is 2.37. The van der Waals surface area contributed by atoms with E-state index in [1.807, 2.05) is 27.7 Å². The number of carbonyl (C=O) groups is 2.